The molecule has 29 heavy (non-hydrogen) atoms. The Hall–Kier alpha value is -3.19. The van der Waals surface area contributed by atoms with Gasteiger partial charge in [0.25, 0.3) is 0 Å². The van der Waals surface area contributed by atoms with E-state index < -0.39 is 0 Å². The van der Waals surface area contributed by atoms with Crippen LogP contribution in [0.15, 0.2) is 41.4 Å². The van der Waals surface area contributed by atoms with Gasteiger partial charge in [-0.2, -0.15) is 0 Å². The highest BCUT2D eigenvalue weighted by Gasteiger charge is 2.14. The van der Waals surface area contributed by atoms with Crippen molar-refractivity contribution in [2.45, 2.75) is 27.3 Å². The number of aromatic nitrogens is 2. The van der Waals surface area contributed by atoms with E-state index in [1.54, 1.807) is 7.11 Å². The number of hydrogen-bond donors (Lipinski definition) is 2. The van der Waals surface area contributed by atoms with Crippen molar-refractivity contribution in [2.24, 2.45) is 4.99 Å². The molecule has 7 heteroatoms. The van der Waals surface area contributed by atoms with Gasteiger partial charge in [0.15, 0.2) is 0 Å². The number of guanidine groups is 1. The molecule has 0 aliphatic carbocycles. The number of ether oxygens (including phenoxy) is 1. The van der Waals surface area contributed by atoms with Gasteiger partial charge in [-0.3, -0.25) is 10.2 Å². The lowest BCUT2D eigenvalue weighted by atomic mass is 10.1. The summed E-state index contributed by atoms with van der Waals surface area (Å²) in [5.74, 6) is 2.12. The Kier molecular flexibility index (Phi) is 5.31. The van der Waals surface area contributed by atoms with Crippen LogP contribution in [0.1, 0.15) is 22.4 Å². The quantitative estimate of drug-likeness (QED) is 0.712. The highest BCUT2D eigenvalue weighted by molar-refractivity contribution is 5.93. The summed E-state index contributed by atoms with van der Waals surface area (Å²) < 4.78 is 5.21. The van der Waals surface area contributed by atoms with Gasteiger partial charge in [-0.15, -0.1) is 0 Å². The van der Waals surface area contributed by atoms with Gasteiger partial charge in [-0.25, -0.2) is 15.0 Å². The molecule has 1 aliphatic heterocycles. The van der Waals surface area contributed by atoms with E-state index in [0.29, 0.717) is 25.2 Å². The molecule has 150 valence electrons. The summed E-state index contributed by atoms with van der Waals surface area (Å²) >= 11 is 0. The SMILES string of the molecule is COc1ccc(CN2CN=C(Nc3nc(C)c4cc(C)c(C)cc4n3)NC2)cc1. The average molecular weight is 390 g/mol. The summed E-state index contributed by atoms with van der Waals surface area (Å²) in [6, 6.07) is 12.4. The third-order valence-corrected chi connectivity index (χ3v) is 5.20. The summed E-state index contributed by atoms with van der Waals surface area (Å²) in [5, 5.41) is 7.62. The number of rotatable bonds is 4. The number of fused-ring (bicyclic) bond motifs is 1. The second-order valence-corrected chi connectivity index (χ2v) is 7.37. The Morgan fingerprint density at radius 1 is 1.07 bits per heavy atom. The number of methoxy groups -OCH3 is 1. The normalized spacial score (nSPS) is 14.4. The van der Waals surface area contributed by atoms with Crippen LogP contribution in [-0.4, -0.2) is 41.3 Å². The van der Waals surface area contributed by atoms with Gasteiger partial charge < -0.3 is 10.1 Å². The predicted molar refractivity (Wildman–Crippen MR) is 116 cm³/mol. The zero-order valence-corrected chi connectivity index (χ0v) is 17.3. The zero-order chi connectivity index (χ0) is 20.4. The highest BCUT2D eigenvalue weighted by atomic mass is 16.5. The van der Waals surface area contributed by atoms with Crippen molar-refractivity contribution >= 4 is 22.8 Å². The number of anilines is 1. The first-order valence-corrected chi connectivity index (χ1v) is 9.68. The van der Waals surface area contributed by atoms with E-state index in [1.165, 1.54) is 16.7 Å². The monoisotopic (exact) mass is 390 g/mol. The van der Waals surface area contributed by atoms with E-state index in [1.807, 2.05) is 19.1 Å². The molecule has 2 N–H and O–H groups in total. The first kappa shape index (κ1) is 19.1. The van der Waals surface area contributed by atoms with E-state index in [9.17, 15) is 0 Å². The fourth-order valence-corrected chi connectivity index (χ4v) is 3.35. The highest BCUT2D eigenvalue weighted by Crippen LogP contribution is 2.21. The lowest BCUT2D eigenvalue weighted by Gasteiger charge is -2.27. The predicted octanol–water partition coefficient (Wildman–Crippen LogP) is 3.35. The van der Waals surface area contributed by atoms with Crippen molar-refractivity contribution in [3.05, 3.63) is 58.8 Å². The third kappa shape index (κ3) is 4.30. The van der Waals surface area contributed by atoms with E-state index in [2.05, 4.69) is 68.6 Å². The van der Waals surface area contributed by atoms with Gasteiger partial charge in [-0.05, 0) is 61.7 Å². The van der Waals surface area contributed by atoms with Crippen molar-refractivity contribution in [1.29, 1.82) is 0 Å². The molecule has 3 aromatic rings. The van der Waals surface area contributed by atoms with Gasteiger partial charge in [-0.1, -0.05) is 12.1 Å². The lowest BCUT2D eigenvalue weighted by molar-refractivity contribution is 0.256. The first-order valence-electron chi connectivity index (χ1n) is 9.68. The summed E-state index contributed by atoms with van der Waals surface area (Å²) in [5.41, 5.74) is 5.60. The van der Waals surface area contributed by atoms with E-state index in [0.717, 1.165) is 28.9 Å². The fraction of sp³-hybridized carbons (Fsp3) is 0.318. The molecular formula is C22H26N6O. The van der Waals surface area contributed by atoms with E-state index >= 15 is 0 Å². The van der Waals surface area contributed by atoms with Crippen molar-refractivity contribution in [2.75, 3.05) is 25.8 Å². The maximum absolute atomic E-state index is 5.21. The number of nitrogens with zero attached hydrogens (tertiary/aromatic N) is 4. The number of nitrogens with one attached hydrogen (secondary N) is 2. The number of hydrogen-bond acceptors (Lipinski definition) is 7. The maximum atomic E-state index is 5.21. The Labute approximate surface area is 170 Å². The molecule has 2 heterocycles. The number of aryl methyl sites for hydroxylation is 3. The smallest absolute Gasteiger partial charge is 0.230 e. The van der Waals surface area contributed by atoms with E-state index in [-0.39, 0.29) is 0 Å². The molecular weight excluding hydrogens is 364 g/mol. The van der Waals surface area contributed by atoms with Gasteiger partial charge >= 0.3 is 0 Å². The van der Waals surface area contributed by atoms with Crippen LogP contribution in [0.5, 0.6) is 5.75 Å². The molecule has 0 atom stereocenters. The Morgan fingerprint density at radius 3 is 2.52 bits per heavy atom. The fourth-order valence-electron chi connectivity index (χ4n) is 3.35. The van der Waals surface area contributed by atoms with Crippen molar-refractivity contribution in [1.82, 2.24) is 20.2 Å². The third-order valence-electron chi connectivity index (χ3n) is 5.20. The molecule has 1 aromatic heterocycles. The topological polar surface area (TPSA) is 74.7 Å². The van der Waals surface area contributed by atoms with Crippen LogP contribution in [0.4, 0.5) is 5.95 Å². The van der Waals surface area contributed by atoms with Crippen LogP contribution < -0.4 is 15.4 Å². The molecule has 0 saturated heterocycles. The molecule has 1 aliphatic rings. The molecule has 0 amide bonds. The lowest BCUT2D eigenvalue weighted by Crippen LogP contribution is -2.45. The molecule has 0 spiro atoms. The molecule has 7 nitrogen and oxygen atoms in total. The molecule has 4 rings (SSSR count). The minimum Gasteiger partial charge on any atom is -0.497 e. The standard InChI is InChI=1S/C22H26N6O/c1-14-9-19-16(3)25-22(26-20(19)10-15(14)2)27-21-23-12-28(13-24-21)11-17-5-7-18(29-4)8-6-17/h5-10H,11-13H2,1-4H3,(H2,23,24,25,26,27). The van der Waals surface area contributed by atoms with Gasteiger partial charge in [0.1, 0.15) is 5.75 Å². The minimum absolute atomic E-state index is 0.563. The first-order chi connectivity index (χ1) is 14.0. The summed E-state index contributed by atoms with van der Waals surface area (Å²) in [4.78, 5) is 16.1. The van der Waals surface area contributed by atoms with Crippen LogP contribution in [0.3, 0.4) is 0 Å². The average Bonchev–Trinajstić information content (AvgIpc) is 2.72. The Bertz CT molecular complexity index is 1060. The van der Waals surface area contributed by atoms with Crippen molar-refractivity contribution < 1.29 is 4.74 Å². The molecule has 0 bridgehead atoms. The van der Waals surface area contributed by atoms with Crippen LogP contribution >= 0.6 is 0 Å². The Balaban J connectivity index is 1.43. The van der Waals surface area contributed by atoms with E-state index in [4.69, 9.17) is 4.74 Å². The van der Waals surface area contributed by atoms with Crippen LogP contribution in [0.2, 0.25) is 0 Å². The summed E-state index contributed by atoms with van der Waals surface area (Å²) in [6.07, 6.45) is 0. The van der Waals surface area contributed by atoms with Gasteiger partial charge in [0.05, 0.1) is 31.7 Å². The molecule has 0 fully saturated rings. The largest absolute Gasteiger partial charge is 0.497 e. The van der Waals surface area contributed by atoms with Gasteiger partial charge in [0.2, 0.25) is 11.9 Å². The minimum atomic E-state index is 0.563. The van der Waals surface area contributed by atoms with Crippen molar-refractivity contribution in [3.8, 4) is 5.75 Å². The Morgan fingerprint density at radius 2 is 1.83 bits per heavy atom. The summed E-state index contributed by atoms with van der Waals surface area (Å²) in [6.45, 7) is 8.34. The number of aliphatic imine (C=N–C) groups is 1. The van der Waals surface area contributed by atoms with Crippen LogP contribution in [0, 0.1) is 20.8 Å². The number of benzene rings is 2. The zero-order valence-electron chi connectivity index (χ0n) is 17.3. The summed E-state index contributed by atoms with van der Waals surface area (Å²) in [7, 11) is 1.68. The maximum Gasteiger partial charge on any atom is 0.230 e. The van der Waals surface area contributed by atoms with Crippen LogP contribution in [0.25, 0.3) is 10.9 Å². The second kappa shape index (κ2) is 8.05. The second-order valence-electron chi connectivity index (χ2n) is 7.37. The van der Waals surface area contributed by atoms with Crippen molar-refractivity contribution in [3.63, 3.8) is 0 Å². The van der Waals surface area contributed by atoms with Crippen LogP contribution in [-0.2, 0) is 6.54 Å². The molecule has 0 radical (unpaired) electrons. The molecule has 0 saturated carbocycles. The molecule has 2 aromatic carbocycles. The molecule has 0 unspecified atom stereocenters. The van der Waals surface area contributed by atoms with Gasteiger partial charge in [0, 0.05) is 11.9 Å².